The lowest BCUT2D eigenvalue weighted by Gasteiger charge is -2.13. The van der Waals surface area contributed by atoms with E-state index in [2.05, 4.69) is 21.2 Å². The van der Waals surface area contributed by atoms with Crippen LogP contribution in [0, 0.1) is 0 Å². The van der Waals surface area contributed by atoms with Gasteiger partial charge in [-0.15, -0.1) is 12.4 Å². The molecule has 1 N–H and O–H groups in total. The molecule has 0 aromatic heterocycles. The van der Waals surface area contributed by atoms with Gasteiger partial charge in [0.05, 0.1) is 6.04 Å². The maximum atomic E-state index is 10.7. The highest BCUT2D eigenvalue weighted by Crippen LogP contribution is 2.05. The molecule has 5 heteroatoms. The summed E-state index contributed by atoms with van der Waals surface area (Å²) in [7, 11) is 1.80. The molecule has 1 atom stereocenters. The summed E-state index contributed by atoms with van der Waals surface area (Å²) >= 11 is 3.31. The molecule has 1 saturated heterocycles. The van der Waals surface area contributed by atoms with Crippen molar-refractivity contribution in [2.75, 3.05) is 18.9 Å². The maximum Gasteiger partial charge on any atom is 0.317 e. The van der Waals surface area contributed by atoms with Crippen LogP contribution in [-0.4, -0.2) is 35.9 Å². The van der Waals surface area contributed by atoms with Gasteiger partial charge in [-0.25, -0.2) is 4.79 Å². The van der Waals surface area contributed by atoms with Crippen LogP contribution in [-0.2, 0) is 0 Å². The van der Waals surface area contributed by atoms with Crippen molar-refractivity contribution in [2.24, 2.45) is 0 Å². The number of nitrogens with one attached hydrogen (secondary N) is 1. The molecule has 0 saturated carbocycles. The highest BCUT2D eigenvalue weighted by Gasteiger charge is 2.25. The average Bonchev–Trinajstić information content (AvgIpc) is 2.15. The third-order valence-electron chi connectivity index (χ3n) is 1.54. The first kappa shape index (κ1) is 10.0. The van der Waals surface area contributed by atoms with E-state index in [0.29, 0.717) is 6.04 Å². The van der Waals surface area contributed by atoms with E-state index in [4.69, 9.17) is 0 Å². The van der Waals surface area contributed by atoms with Crippen molar-refractivity contribution < 1.29 is 4.79 Å². The van der Waals surface area contributed by atoms with Gasteiger partial charge in [-0.3, -0.25) is 0 Å². The van der Waals surface area contributed by atoms with Crippen molar-refractivity contribution in [1.29, 1.82) is 0 Å². The first-order chi connectivity index (χ1) is 4.25. The lowest BCUT2D eigenvalue weighted by Crippen LogP contribution is -2.30. The van der Waals surface area contributed by atoms with E-state index in [0.717, 1.165) is 11.9 Å². The Morgan fingerprint density at radius 3 is 2.70 bits per heavy atom. The normalized spacial score (nSPS) is 24.0. The van der Waals surface area contributed by atoms with Crippen LogP contribution in [0.15, 0.2) is 0 Å². The summed E-state index contributed by atoms with van der Waals surface area (Å²) in [6.07, 6.45) is 0. The van der Waals surface area contributed by atoms with Gasteiger partial charge >= 0.3 is 6.03 Å². The number of hydrogen-bond donors (Lipinski definition) is 1. The smallest absolute Gasteiger partial charge is 0.317 e. The van der Waals surface area contributed by atoms with Crippen LogP contribution in [0.3, 0.4) is 0 Å². The van der Waals surface area contributed by atoms with E-state index in [1.807, 2.05) is 0 Å². The summed E-state index contributed by atoms with van der Waals surface area (Å²) in [5.41, 5.74) is 0. The zero-order valence-corrected chi connectivity index (χ0v) is 8.04. The molecule has 3 nitrogen and oxygen atoms in total. The van der Waals surface area contributed by atoms with Crippen molar-refractivity contribution in [3.05, 3.63) is 0 Å². The van der Waals surface area contributed by atoms with Crippen LogP contribution < -0.4 is 5.32 Å². The highest BCUT2D eigenvalue weighted by atomic mass is 79.9. The molecule has 2 amide bonds. The molecule has 0 unspecified atom stereocenters. The Morgan fingerprint density at radius 2 is 2.50 bits per heavy atom. The third-order valence-corrected chi connectivity index (χ3v) is 2.28. The summed E-state index contributed by atoms with van der Waals surface area (Å²) in [6.45, 7) is 0.764. The fourth-order valence-corrected chi connectivity index (χ4v) is 1.45. The van der Waals surface area contributed by atoms with Gasteiger partial charge in [-0.1, -0.05) is 15.9 Å². The number of rotatable bonds is 1. The zero-order chi connectivity index (χ0) is 6.85. The second-order valence-corrected chi connectivity index (χ2v) is 2.75. The summed E-state index contributed by atoms with van der Waals surface area (Å²) in [6, 6.07) is 0.358. The minimum absolute atomic E-state index is 0. The molecular formula is C5H10BrClN2O. The molecule has 60 valence electrons. The minimum atomic E-state index is 0. The fourth-order valence-electron chi connectivity index (χ4n) is 0.791. The van der Waals surface area contributed by atoms with E-state index >= 15 is 0 Å². The van der Waals surface area contributed by atoms with Crippen LogP contribution in [0.2, 0.25) is 0 Å². The zero-order valence-electron chi connectivity index (χ0n) is 5.63. The second-order valence-electron chi connectivity index (χ2n) is 2.11. The van der Waals surface area contributed by atoms with E-state index in [-0.39, 0.29) is 18.4 Å². The van der Waals surface area contributed by atoms with Crippen LogP contribution in [0.4, 0.5) is 4.79 Å². The quantitative estimate of drug-likeness (QED) is 0.664. The molecule has 1 heterocycles. The third kappa shape index (κ3) is 1.76. The summed E-state index contributed by atoms with van der Waals surface area (Å²) in [4.78, 5) is 12.4. The van der Waals surface area contributed by atoms with Gasteiger partial charge in [0.15, 0.2) is 0 Å². The molecule has 0 aliphatic carbocycles. The molecule has 10 heavy (non-hydrogen) atoms. The Bertz CT molecular complexity index is 133. The largest absolute Gasteiger partial charge is 0.336 e. The van der Waals surface area contributed by atoms with Crippen molar-refractivity contribution in [3.63, 3.8) is 0 Å². The Morgan fingerprint density at radius 1 is 1.90 bits per heavy atom. The monoisotopic (exact) mass is 228 g/mol. The Hall–Kier alpha value is 0.0400. The lowest BCUT2D eigenvalue weighted by atomic mass is 10.3. The molecule has 0 bridgehead atoms. The maximum absolute atomic E-state index is 10.7. The van der Waals surface area contributed by atoms with Gasteiger partial charge < -0.3 is 10.2 Å². The number of likely N-dealkylation sites (N-methyl/N-ethyl adjacent to an activating group) is 1. The molecule has 1 fully saturated rings. The minimum Gasteiger partial charge on any atom is -0.336 e. The standard InChI is InChI=1S/C5H9BrN2O.ClH/c1-8-4(2-6)3-7-5(8)9;/h4H,2-3H2,1H3,(H,7,9);1H/t4-;/m1./s1. The first-order valence-electron chi connectivity index (χ1n) is 2.82. The van der Waals surface area contributed by atoms with Crippen molar-refractivity contribution in [3.8, 4) is 0 Å². The molecule has 0 radical (unpaired) electrons. The molecule has 0 aromatic carbocycles. The molecule has 0 spiro atoms. The Labute approximate surface area is 74.7 Å². The summed E-state index contributed by atoms with van der Waals surface area (Å²) in [5, 5.41) is 3.58. The van der Waals surface area contributed by atoms with Gasteiger partial charge in [0.25, 0.3) is 0 Å². The fraction of sp³-hybridized carbons (Fsp3) is 0.800. The van der Waals surface area contributed by atoms with Gasteiger partial charge in [-0.05, 0) is 0 Å². The Kier molecular flexibility index (Phi) is 4.05. The molecule has 1 rings (SSSR count). The number of nitrogens with zero attached hydrogens (tertiary/aromatic N) is 1. The van der Waals surface area contributed by atoms with Crippen LogP contribution in [0.25, 0.3) is 0 Å². The number of urea groups is 1. The molecular weight excluding hydrogens is 219 g/mol. The summed E-state index contributed by atoms with van der Waals surface area (Å²) in [5.74, 6) is 0. The van der Waals surface area contributed by atoms with E-state index in [1.54, 1.807) is 11.9 Å². The lowest BCUT2D eigenvalue weighted by molar-refractivity contribution is 0.219. The second kappa shape index (κ2) is 4.03. The Balaban J connectivity index is 0.000000810. The van der Waals surface area contributed by atoms with Crippen molar-refractivity contribution in [1.82, 2.24) is 10.2 Å². The molecule has 0 aromatic rings. The van der Waals surface area contributed by atoms with Crippen molar-refractivity contribution in [2.45, 2.75) is 6.04 Å². The predicted octanol–water partition coefficient (Wildman–Crippen LogP) is 0.827. The first-order valence-corrected chi connectivity index (χ1v) is 3.94. The summed E-state index contributed by atoms with van der Waals surface area (Å²) < 4.78 is 0. The van der Waals surface area contributed by atoms with Crippen LogP contribution in [0.1, 0.15) is 0 Å². The van der Waals surface area contributed by atoms with E-state index in [9.17, 15) is 4.79 Å². The van der Waals surface area contributed by atoms with Gasteiger partial charge in [0.2, 0.25) is 0 Å². The van der Waals surface area contributed by atoms with Gasteiger partial charge in [0.1, 0.15) is 0 Å². The van der Waals surface area contributed by atoms with Crippen LogP contribution >= 0.6 is 28.3 Å². The van der Waals surface area contributed by atoms with Crippen LogP contribution in [0.5, 0.6) is 0 Å². The van der Waals surface area contributed by atoms with Gasteiger partial charge in [0, 0.05) is 18.9 Å². The highest BCUT2D eigenvalue weighted by molar-refractivity contribution is 9.09. The predicted molar refractivity (Wildman–Crippen MR) is 46.0 cm³/mol. The van der Waals surface area contributed by atoms with Crippen molar-refractivity contribution >= 4 is 34.4 Å². The average molecular weight is 230 g/mol. The molecule has 1 aliphatic heterocycles. The van der Waals surface area contributed by atoms with Gasteiger partial charge in [-0.2, -0.15) is 0 Å². The SMILES string of the molecule is CN1C(=O)NC[C@H]1CBr.Cl. The number of alkyl halides is 1. The number of halogens is 2. The number of carbonyl (C=O) groups excluding carboxylic acids is 1. The molecule has 1 aliphatic rings. The topological polar surface area (TPSA) is 32.3 Å². The number of hydrogen-bond acceptors (Lipinski definition) is 1. The number of amides is 2. The van der Waals surface area contributed by atoms with E-state index < -0.39 is 0 Å². The number of carbonyl (C=O) groups is 1. The van der Waals surface area contributed by atoms with E-state index in [1.165, 1.54) is 0 Å².